The zero-order chi connectivity index (χ0) is 111. The molecule has 11 saturated heterocycles. The van der Waals surface area contributed by atoms with E-state index >= 15 is 0 Å². The molecule has 67 heteroatoms. The fourth-order valence-corrected chi connectivity index (χ4v) is 19.0. The third-order valence-corrected chi connectivity index (χ3v) is 26.9. The molecule has 0 aromatic heterocycles. The molecule has 0 bridgehead atoms. The van der Waals surface area contributed by atoms with Crippen LogP contribution in [0.25, 0.3) is 0 Å². The smallest absolute Gasteiger partial charge is 0.217 e. The van der Waals surface area contributed by atoms with Crippen molar-refractivity contribution in [2.75, 3.05) is 85.9 Å². The van der Waals surface area contributed by atoms with Gasteiger partial charge in [0, 0.05) is 41.0 Å². The molecule has 11 heterocycles. The van der Waals surface area contributed by atoms with Crippen LogP contribution in [0.2, 0.25) is 0 Å². The number of aliphatic carboxylic acids is 1. The number of carboxylic acid groups (broad SMARTS) is 1. The minimum absolute atomic E-state index is 0.238. The molecule has 57 atom stereocenters. The van der Waals surface area contributed by atoms with Crippen LogP contribution in [0.1, 0.15) is 41.0 Å². The van der Waals surface area contributed by atoms with Crippen LogP contribution in [0.3, 0.4) is 0 Å². The summed E-state index contributed by atoms with van der Waals surface area (Å²) in [4.78, 5) is 89.2. The number of carboxylic acids is 1. The van der Waals surface area contributed by atoms with Crippen molar-refractivity contribution in [2.24, 2.45) is 0 Å². The fourth-order valence-electron chi connectivity index (χ4n) is 19.0. The van der Waals surface area contributed by atoms with E-state index in [-0.39, 0.29) is 6.41 Å². The SMILES string of the molecule is CC(=O)N[C@H]1[C@H](OC[C@H]2O[C@@H](O[C@H]3[C@H](O)[C@@H](NC(C)=O)[C@H](OC[C@H]4O[C@@H](O[C@H]5[C@H](O)[C@@H](NC(C)=O)[C@H](O[C@H]6[C@@H](O)[C@@H](CO)O[C@@H](O[C@H]7[C@H](O)[C@@H](O)[C@H](OC[C@@H](CO)NC=O)O[C@@H]7CO)[C@@H]6O)O[C@@H]5CO)[C@H](O)[C@@H](O)[C@H]4O)O[C@@H]3CO)[C@H](O)[C@@H](O[C@@H]3O[C@H](CO)[C@@H](O[C@@H]4O[C@H](CO)[C@H](O)[C@H](O[C@]5(C(=O)[O-])C[C@H](O)[C@@H](NC(C)=O)[C@H]([C@H](O)[C@H](O)CO)O5)[C@H]4O)[C@H](O)[C@H]3NC(C)=O)[C@H]2O)O[C@H](CO)[C@@H](O[C@@H]2O[C@H](CO)[C@H](O)[C@H](O)[C@H]2O)[C@@H]1O. The van der Waals surface area contributed by atoms with Gasteiger partial charge in [-0.2, -0.15) is 0 Å². The number of nitrogens with one attached hydrogen (secondary N) is 6. The highest BCUT2D eigenvalue weighted by Gasteiger charge is 2.64. The zero-order valence-electron chi connectivity index (χ0n) is 80.4. The number of ether oxygens (including phenoxy) is 22. The summed E-state index contributed by atoms with van der Waals surface area (Å²) in [5.41, 5.74) is 0. The summed E-state index contributed by atoms with van der Waals surface area (Å²) in [5, 5.41) is 375. The Morgan fingerprint density at radius 1 is 0.313 bits per heavy atom. The number of aliphatic hydroxyl groups is 31. The molecule has 0 aromatic rings. The highest BCUT2D eigenvalue weighted by Crippen LogP contribution is 2.43. The second-order valence-electron chi connectivity index (χ2n) is 37.4. The number of rotatable bonds is 45. The van der Waals surface area contributed by atoms with Crippen molar-refractivity contribution in [2.45, 2.75) is 390 Å². The quantitative estimate of drug-likeness (QED) is 0.0252. The summed E-state index contributed by atoms with van der Waals surface area (Å²) in [5.74, 6) is -10.9. The first-order valence-electron chi connectivity index (χ1n) is 47.5. The molecule has 67 nitrogen and oxygen atoms in total. The van der Waals surface area contributed by atoms with E-state index < -0.39 is 477 Å². The van der Waals surface area contributed by atoms with E-state index in [2.05, 4.69) is 31.9 Å². The molecule has 150 heavy (non-hydrogen) atoms. The lowest BCUT2D eigenvalue weighted by molar-refractivity contribution is -0.411. The average molecular weight is 2190 g/mol. The van der Waals surface area contributed by atoms with Crippen molar-refractivity contribution in [3.8, 4) is 0 Å². The third kappa shape index (κ3) is 28.2. The van der Waals surface area contributed by atoms with E-state index in [1.165, 1.54) is 0 Å². The first-order valence-corrected chi connectivity index (χ1v) is 47.5. The number of carbonyl (C=O) groups excluding carboxylic acids is 7. The normalized spacial score (nSPS) is 46.3. The Kier molecular flexibility index (Phi) is 45.7. The number of aliphatic hydroxyl groups excluding tert-OH is 31. The minimum atomic E-state index is -3.46. The highest BCUT2D eigenvalue weighted by molar-refractivity contribution is 5.76. The Morgan fingerprint density at radius 2 is 0.593 bits per heavy atom. The van der Waals surface area contributed by atoms with Crippen molar-refractivity contribution in [1.29, 1.82) is 0 Å². The maximum Gasteiger partial charge on any atom is 0.217 e. The standard InChI is InChI=1S/C83H138N6O61/c1-21(101)85-39-27(106)6-83(82(127)128,149-68(39)44(108)28(107)8-91)150-71-48(112)31(11-94)134-81(62(71)126)145-66-35(15-98)138-75(43(53(66)117)89-25(5)105)148-70-49(113)38(19-131-73-40(86-22(2)102)50(114)63(32(12-95)135-73)142-77-57(121)54(118)45(109)29(9-92)132-77)141-80(61(70)125)144-64-33(13-96)136-72(41(51(64)115)87-23(3)103)130-18-37-46(110)55(119)58(122)78(140-37)143-65-34(14-97)137-74(42(52(65)116)88-24(4)104)147-69-47(111)30(10-93)133-79(60(69)124)146-67-36(16-99)139-76(59(123)56(67)120)129-17-26(7-90)84-20-100/h20,26-81,90-99,106-126H,6-19H2,1-5H3,(H,84,100)(H,85,101)(H,86,102)(H,87,103)(H,88,104)(H,89,105)(H,127,128)/p-1/t26-,27+,28-,29-,30-,31-,32-,33-,34-,35-,36-,37-,38-,39-,40-,41-,42-,43-,44-,45+,46+,47+,48+,49+,50-,51-,52-,53-,54+,55+,56-,57-,58-,59-,60-,61-,62-,63-,64-,65-,66-,67-,68-,69+,70+,71+,72-,73-,74+,75+,76-,77+,78+,79+,80+,81+,83+/m1/s1. The van der Waals surface area contributed by atoms with Crippen LogP contribution < -0.4 is 37.0 Å². The monoisotopic (exact) mass is 2190 g/mol. The van der Waals surface area contributed by atoms with Crippen LogP contribution in [-0.4, -0.2) is 635 Å². The van der Waals surface area contributed by atoms with Crippen LogP contribution in [0.4, 0.5) is 0 Å². The van der Waals surface area contributed by atoms with Gasteiger partial charge in [0.1, 0.15) is 268 Å². The predicted octanol–water partition coefficient (Wildman–Crippen LogP) is -27.3. The summed E-state index contributed by atoms with van der Waals surface area (Å²) in [6, 6.07) is -10.9. The van der Waals surface area contributed by atoms with Crippen molar-refractivity contribution in [1.82, 2.24) is 31.9 Å². The number of hydrogen-bond donors (Lipinski definition) is 37. The Bertz CT molecular complexity index is 4230. The Morgan fingerprint density at radius 3 is 0.940 bits per heavy atom. The molecule has 11 fully saturated rings. The fraction of sp³-hybridized carbons (Fsp3) is 0.916. The lowest BCUT2D eigenvalue weighted by atomic mass is 9.88. The van der Waals surface area contributed by atoms with E-state index in [9.17, 15) is 197 Å². The maximum absolute atomic E-state index is 13.4. The van der Waals surface area contributed by atoms with E-state index in [1.54, 1.807) is 0 Å². The highest BCUT2D eigenvalue weighted by atomic mass is 16.8. The Labute approximate surface area is 848 Å². The summed E-state index contributed by atoms with van der Waals surface area (Å²) >= 11 is 0. The van der Waals surface area contributed by atoms with Gasteiger partial charge in [-0.05, 0) is 0 Å². The molecule has 0 radical (unpaired) electrons. The molecule has 6 amide bonds. The zero-order valence-corrected chi connectivity index (χ0v) is 80.4. The molecule has 11 aliphatic rings. The summed E-state index contributed by atoms with van der Waals surface area (Å²) in [7, 11) is 0. The molecular weight excluding hydrogens is 2060 g/mol. The molecule has 0 unspecified atom stereocenters. The van der Waals surface area contributed by atoms with Gasteiger partial charge >= 0.3 is 0 Å². The van der Waals surface area contributed by atoms with Gasteiger partial charge in [0.25, 0.3) is 0 Å². The largest absolute Gasteiger partial charge is 0.544 e. The summed E-state index contributed by atoms with van der Waals surface area (Å²) < 4.78 is 130. The molecule has 11 aliphatic heterocycles. The minimum Gasteiger partial charge on any atom is -0.544 e. The first kappa shape index (κ1) is 124. The van der Waals surface area contributed by atoms with Crippen molar-refractivity contribution < 1.29 is 301 Å². The van der Waals surface area contributed by atoms with Gasteiger partial charge < -0.3 is 304 Å². The lowest BCUT2D eigenvalue weighted by Gasteiger charge is -2.52. The molecule has 866 valence electrons. The van der Waals surface area contributed by atoms with Crippen LogP contribution in [0.15, 0.2) is 0 Å². The first-order chi connectivity index (χ1) is 71.0. The van der Waals surface area contributed by atoms with Gasteiger partial charge in [0.05, 0.1) is 104 Å². The number of hydrogen-bond acceptors (Lipinski definition) is 61. The van der Waals surface area contributed by atoms with Gasteiger partial charge in [0.15, 0.2) is 62.9 Å². The molecule has 0 spiro atoms. The van der Waals surface area contributed by atoms with Gasteiger partial charge in [-0.3, -0.25) is 28.8 Å². The molecular formula is C83H137N6O61-. The van der Waals surface area contributed by atoms with Crippen LogP contribution in [-0.2, 0) is 138 Å². The van der Waals surface area contributed by atoms with Crippen LogP contribution >= 0.6 is 0 Å². The van der Waals surface area contributed by atoms with Gasteiger partial charge in [-0.15, -0.1) is 0 Å². The van der Waals surface area contributed by atoms with Crippen LogP contribution in [0.5, 0.6) is 0 Å². The topological polar surface area (TPSA) is 1040 Å². The molecule has 37 N–H and O–H groups in total. The van der Waals surface area contributed by atoms with Crippen molar-refractivity contribution in [3.63, 3.8) is 0 Å². The molecule has 0 saturated carbocycles. The third-order valence-electron chi connectivity index (χ3n) is 26.9. The summed E-state index contributed by atoms with van der Waals surface area (Å²) in [6.07, 6.45) is -110. The Balaban J connectivity index is 0.836. The number of amides is 6. The van der Waals surface area contributed by atoms with Gasteiger partial charge in [-0.1, -0.05) is 0 Å². The molecule has 0 aromatic carbocycles. The van der Waals surface area contributed by atoms with E-state index in [0.717, 1.165) is 34.6 Å². The van der Waals surface area contributed by atoms with Gasteiger partial charge in [-0.25, -0.2) is 0 Å². The van der Waals surface area contributed by atoms with Gasteiger partial charge in [0.2, 0.25) is 41.7 Å². The Hall–Kier alpha value is -5.83. The van der Waals surface area contributed by atoms with Crippen molar-refractivity contribution in [3.05, 3.63) is 0 Å². The molecule has 11 rings (SSSR count). The van der Waals surface area contributed by atoms with E-state index in [4.69, 9.17) is 104 Å². The maximum atomic E-state index is 13.4. The average Bonchev–Trinajstić information content (AvgIpc) is 0.750. The second-order valence-corrected chi connectivity index (χ2v) is 37.4. The second kappa shape index (κ2) is 55.1. The predicted molar refractivity (Wildman–Crippen MR) is 459 cm³/mol. The van der Waals surface area contributed by atoms with E-state index in [1.807, 2.05) is 0 Å². The van der Waals surface area contributed by atoms with E-state index in [0.29, 0.717) is 0 Å². The molecule has 0 aliphatic carbocycles. The number of carbonyl (C=O) groups is 7. The van der Waals surface area contributed by atoms with Crippen molar-refractivity contribution >= 4 is 41.9 Å². The van der Waals surface area contributed by atoms with Crippen LogP contribution in [0, 0.1) is 0 Å². The lowest BCUT2D eigenvalue weighted by Crippen LogP contribution is -2.72. The summed E-state index contributed by atoms with van der Waals surface area (Å²) in [6.45, 7) is -9.55.